The zero-order valence-corrected chi connectivity index (χ0v) is 17.9. The van der Waals surface area contributed by atoms with Gasteiger partial charge in [0.25, 0.3) is 5.91 Å². The molecule has 0 spiro atoms. The lowest BCUT2D eigenvalue weighted by Crippen LogP contribution is -2.39. The van der Waals surface area contributed by atoms with Crippen LogP contribution < -0.4 is 20.1 Å². The Bertz CT molecular complexity index is 868. The molecule has 0 atom stereocenters. The first kappa shape index (κ1) is 21.8. The van der Waals surface area contributed by atoms with E-state index in [2.05, 4.69) is 16.7 Å². The number of nitrogens with one attached hydrogen (secondary N) is 2. The zero-order chi connectivity index (χ0) is 21.0. The third-order valence-corrected chi connectivity index (χ3v) is 5.07. The minimum atomic E-state index is -0.288. The van der Waals surface area contributed by atoms with E-state index in [1.54, 1.807) is 18.2 Å². The molecule has 0 saturated carbocycles. The summed E-state index contributed by atoms with van der Waals surface area (Å²) in [5.74, 6) is 0.998. The van der Waals surface area contributed by atoms with Crippen molar-refractivity contribution in [2.24, 2.45) is 0 Å². The average Bonchev–Trinajstić information content (AvgIpc) is 2.78. The summed E-state index contributed by atoms with van der Waals surface area (Å²) in [5.41, 5.74) is 1.91. The normalized spacial score (nSPS) is 13.1. The molecule has 2 aromatic carbocycles. The molecule has 6 heteroatoms. The number of ether oxygens (including phenoxy) is 2. The van der Waals surface area contributed by atoms with E-state index in [1.165, 1.54) is 31.3 Å². The highest BCUT2D eigenvalue weighted by Gasteiger charge is 2.13. The topological polar surface area (TPSA) is 59.6 Å². The summed E-state index contributed by atoms with van der Waals surface area (Å²) in [6, 6.07) is 16.7. The van der Waals surface area contributed by atoms with Crippen LogP contribution in [-0.4, -0.2) is 30.8 Å². The van der Waals surface area contributed by atoms with Crippen LogP contribution >= 0.6 is 12.2 Å². The number of rotatable bonds is 9. The Morgan fingerprint density at radius 1 is 0.967 bits per heavy atom. The van der Waals surface area contributed by atoms with Crippen LogP contribution in [0.5, 0.6) is 11.5 Å². The summed E-state index contributed by atoms with van der Waals surface area (Å²) in [5, 5.41) is 6.19. The highest BCUT2D eigenvalue weighted by Crippen LogP contribution is 2.20. The molecule has 2 N–H and O–H groups in total. The third-order valence-electron chi connectivity index (χ3n) is 4.83. The summed E-state index contributed by atoms with van der Waals surface area (Å²) in [6.45, 7) is 1.44. The first-order valence-corrected chi connectivity index (χ1v) is 10.8. The van der Waals surface area contributed by atoms with Crippen molar-refractivity contribution in [3.63, 3.8) is 0 Å². The minimum absolute atomic E-state index is 0.288. The summed E-state index contributed by atoms with van der Waals surface area (Å²) < 4.78 is 11.4. The van der Waals surface area contributed by atoms with E-state index in [9.17, 15) is 4.79 Å². The standard InChI is InChI=1S/C24H28N2O3S/c27-23(26-24(30)25-16-15-19-9-3-1-4-10-19)21-13-7-8-14-22(21)29-18-17-28-20-11-5-2-6-12-20/h2,5-9,11-14H,1,3-4,10,15-18H2,(H2,25,26,27,30). The maximum absolute atomic E-state index is 12.6. The molecule has 0 heterocycles. The quantitative estimate of drug-likeness (QED) is 0.349. The van der Waals surface area contributed by atoms with E-state index in [-0.39, 0.29) is 5.91 Å². The molecule has 2 aromatic rings. The van der Waals surface area contributed by atoms with Gasteiger partial charge in [-0.1, -0.05) is 42.0 Å². The van der Waals surface area contributed by atoms with Gasteiger partial charge in [0.2, 0.25) is 0 Å². The van der Waals surface area contributed by atoms with Gasteiger partial charge in [0.15, 0.2) is 5.11 Å². The van der Waals surface area contributed by atoms with E-state index >= 15 is 0 Å². The van der Waals surface area contributed by atoms with Gasteiger partial charge in [0.1, 0.15) is 24.7 Å². The Morgan fingerprint density at radius 3 is 2.53 bits per heavy atom. The molecule has 0 bridgehead atoms. The maximum Gasteiger partial charge on any atom is 0.261 e. The molecular formula is C24H28N2O3S. The van der Waals surface area contributed by atoms with Crippen LogP contribution in [0.15, 0.2) is 66.2 Å². The van der Waals surface area contributed by atoms with Crippen LogP contribution in [0.2, 0.25) is 0 Å². The number of allylic oxidation sites excluding steroid dienone is 1. The molecule has 0 radical (unpaired) electrons. The molecule has 3 rings (SSSR count). The monoisotopic (exact) mass is 424 g/mol. The average molecular weight is 425 g/mol. The van der Waals surface area contributed by atoms with Crippen LogP contribution in [0.25, 0.3) is 0 Å². The summed E-state index contributed by atoms with van der Waals surface area (Å²) >= 11 is 5.28. The van der Waals surface area contributed by atoms with Crippen molar-refractivity contribution >= 4 is 23.2 Å². The van der Waals surface area contributed by atoms with E-state index < -0.39 is 0 Å². The molecule has 1 amide bonds. The van der Waals surface area contributed by atoms with Crippen molar-refractivity contribution in [2.45, 2.75) is 32.1 Å². The number of para-hydroxylation sites is 2. The second-order valence-electron chi connectivity index (χ2n) is 7.07. The van der Waals surface area contributed by atoms with Gasteiger partial charge in [-0.05, 0) is 68.6 Å². The van der Waals surface area contributed by atoms with Gasteiger partial charge >= 0.3 is 0 Å². The predicted octanol–water partition coefficient (Wildman–Crippen LogP) is 4.64. The number of carbonyl (C=O) groups excluding carboxylic acids is 1. The highest BCUT2D eigenvalue weighted by atomic mass is 32.1. The Balaban J connectivity index is 1.43. The van der Waals surface area contributed by atoms with Gasteiger partial charge in [-0.25, -0.2) is 0 Å². The maximum atomic E-state index is 12.6. The van der Waals surface area contributed by atoms with Gasteiger partial charge in [0.05, 0.1) is 5.56 Å². The second-order valence-corrected chi connectivity index (χ2v) is 7.48. The van der Waals surface area contributed by atoms with Crippen molar-refractivity contribution in [3.05, 3.63) is 71.8 Å². The van der Waals surface area contributed by atoms with Gasteiger partial charge in [0, 0.05) is 6.54 Å². The summed E-state index contributed by atoms with van der Waals surface area (Å²) in [7, 11) is 0. The SMILES string of the molecule is O=C(NC(=S)NCCC1=CCCCC1)c1ccccc1OCCOc1ccccc1. The van der Waals surface area contributed by atoms with Crippen molar-refractivity contribution < 1.29 is 14.3 Å². The van der Waals surface area contributed by atoms with Crippen molar-refractivity contribution in [3.8, 4) is 11.5 Å². The van der Waals surface area contributed by atoms with E-state index in [0.717, 1.165) is 18.7 Å². The molecule has 0 aromatic heterocycles. The number of amides is 1. The van der Waals surface area contributed by atoms with Crippen molar-refractivity contribution in [1.82, 2.24) is 10.6 Å². The summed E-state index contributed by atoms with van der Waals surface area (Å²) in [6.07, 6.45) is 8.16. The molecule has 0 aliphatic heterocycles. The predicted molar refractivity (Wildman–Crippen MR) is 123 cm³/mol. The molecule has 5 nitrogen and oxygen atoms in total. The molecule has 158 valence electrons. The van der Waals surface area contributed by atoms with Crippen LogP contribution in [-0.2, 0) is 0 Å². The van der Waals surface area contributed by atoms with Gasteiger partial charge in [-0.3, -0.25) is 10.1 Å². The Morgan fingerprint density at radius 2 is 1.73 bits per heavy atom. The molecule has 0 unspecified atom stereocenters. The molecule has 1 aliphatic rings. The van der Waals surface area contributed by atoms with Crippen molar-refractivity contribution in [2.75, 3.05) is 19.8 Å². The smallest absolute Gasteiger partial charge is 0.261 e. The molecule has 0 fully saturated rings. The Labute approximate surface area is 183 Å². The Kier molecular flexibility index (Phi) is 8.72. The van der Waals surface area contributed by atoms with Crippen molar-refractivity contribution in [1.29, 1.82) is 0 Å². The fourth-order valence-electron chi connectivity index (χ4n) is 3.29. The number of carbonyl (C=O) groups is 1. The van der Waals surface area contributed by atoms with E-state index in [4.69, 9.17) is 21.7 Å². The molecule has 0 saturated heterocycles. The molecular weight excluding hydrogens is 396 g/mol. The van der Waals surface area contributed by atoms with E-state index in [0.29, 0.717) is 29.6 Å². The molecule has 30 heavy (non-hydrogen) atoms. The first-order valence-electron chi connectivity index (χ1n) is 10.4. The highest BCUT2D eigenvalue weighted by molar-refractivity contribution is 7.80. The Hall–Kier alpha value is -2.86. The largest absolute Gasteiger partial charge is 0.490 e. The van der Waals surface area contributed by atoms with Crippen LogP contribution in [0.1, 0.15) is 42.5 Å². The fraction of sp³-hybridized carbons (Fsp3) is 0.333. The van der Waals surface area contributed by atoms with Gasteiger partial charge in [-0.2, -0.15) is 0 Å². The number of hydrogen-bond acceptors (Lipinski definition) is 4. The van der Waals surface area contributed by atoms with Crippen LogP contribution in [0.4, 0.5) is 0 Å². The molecule has 1 aliphatic carbocycles. The van der Waals surface area contributed by atoms with Crippen LogP contribution in [0.3, 0.4) is 0 Å². The first-order chi connectivity index (χ1) is 14.7. The second kappa shape index (κ2) is 12.0. The lowest BCUT2D eigenvalue weighted by molar-refractivity contribution is 0.0971. The zero-order valence-electron chi connectivity index (χ0n) is 17.1. The lowest BCUT2D eigenvalue weighted by atomic mass is 9.97. The van der Waals surface area contributed by atoms with E-state index in [1.807, 2.05) is 36.4 Å². The minimum Gasteiger partial charge on any atom is -0.490 e. The lowest BCUT2D eigenvalue weighted by Gasteiger charge is -2.15. The number of benzene rings is 2. The summed E-state index contributed by atoms with van der Waals surface area (Å²) in [4.78, 5) is 12.6. The third kappa shape index (κ3) is 7.19. The van der Waals surface area contributed by atoms with Crippen LogP contribution in [0, 0.1) is 0 Å². The fourth-order valence-corrected chi connectivity index (χ4v) is 3.49. The number of hydrogen-bond donors (Lipinski definition) is 2. The number of thiocarbonyl (C=S) groups is 1. The van der Waals surface area contributed by atoms with Gasteiger partial charge in [-0.15, -0.1) is 0 Å². The van der Waals surface area contributed by atoms with Gasteiger partial charge < -0.3 is 14.8 Å².